The summed E-state index contributed by atoms with van der Waals surface area (Å²) in [6.45, 7) is 0. The fourth-order valence-corrected chi connectivity index (χ4v) is 5.20. The first-order valence-electron chi connectivity index (χ1n) is 9.98. The van der Waals surface area contributed by atoms with E-state index in [0.29, 0.717) is 24.2 Å². The van der Waals surface area contributed by atoms with Crippen LogP contribution in [0.5, 0.6) is 0 Å². The molecule has 5 atom stereocenters. The van der Waals surface area contributed by atoms with Gasteiger partial charge in [0.25, 0.3) is 0 Å². The minimum absolute atomic E-state index is 0.158. The number of aliphatic carboxylic acids is 1. The van der Waals surface area contributed by atoms with Crippen molar-refractivity contribution in [2.45, 2.75) is 76.4 Å². The SMILES string of the molecule is O=C(O)CCCC=C1C[C@H]2C[C@@H](O)[C@@H](C=C[C@@H](O)C3CCCC3)[C@H]2C1. The summed E-state index contributed by atoms with van der Waals surface area (Å²) in [4.78, 5) is 10.6. The van der Waals surface area contributed by atoms with Crippen molar-refractivity contribution in [3.05, 3.63) is 23.8 Å². The number of hydrogen-bond donors (Lipinski definition) is 3. The van der Waals surface area contributed by atoms with Crippen LogP contribution in [0.3, 0.4) is 0 Å². The van der Waals surface area contributed by atoms with Gasteiger partial charge in [-0.25, -0.2) is 0 Å². The average Bonchev–Trinajstić information content (AvgIpc) is 3.26. The molecule has 0 heterocycles. The number of aliphatic hydroxyl groups is 2. The standard InChI is InChI=1S/C21H32O4/c22-19(15-6-2-3-7-15)10-9-17-18-12-14(5-1-4-8-21(24)25)11-16(18)13-20(17)23/h5,9-10,15-20,22-23H,1-4,6-8,11-13H2,(H,24,25)/t16-,17-,18-,19+,20+/m0/s1. The predicted molar refractivity (Wildman–Crippen MR) is 97.0 cm³/mol. The minimum atomic E-state index is -0.726. The Hall–Kier alpha value is -1.13. The maximum Gasteiger partial charge on any atom is 0.303 e. The van der Waals surface area contributed by atoms with Gasteiger partial charge in [0.2, 0.25) is 0 Å². The summed E-state index contributed by atoms with van der Waals surface area (Å²) in [6.07, 6.45) is 15.0. The number of hydrogen-bond acceptors (Lipinski definition) is 3. The molecule has 0 aromatic rings. The molecule has 0 spiro atoms. The van der Waals surface area contributed by atoms with Crippen LogP contribution >= 0.6 is 0 Å². The zero-order valence-electron chi connectivity index (χ0n) is 15.0. The van der Waals surface area contributed by atoms with E-state index in [-0.39, 0.29) is 24.5 Å². The third-order valence-corrected chi connectivity index (χ3v) is 6.55. The minimum Gasteiger partial charge on any atom is -0.481 e. The fraction of sp³-hybridized carbons (Fsp3) is 0.762. The number of aliphatic hydroxyl groups excluding tert-OH is 2. The Bertz CT molecular complexity index is 518. The quantitative estimate of drug-likeness (QED) is 0.484. The van der Waals surface area contributed by atoms with Crippen molar-refractivity contribution in [2.75, 3.05) is 0 Å². The van der Waals surface area contributed by atoms with Gasteiger partial charge in [-0.05, 0) is 62.7 Å². The molecule has 0 aliphatic heterocycles. The maximum atomic E-state index is 10.6. The van der Waals surface area contributed by atoms with Crippen LogP contribution in [0.15, 0.2) is 23.8 Å². The van der Waals surface area contributed by atoms with Gasteiger partial charge < -0.3 is 15.3 Å². The van der Waals surface area contributed by atoms with E-state index >= 15 is 0 Å². The van der Waals surface area contributed by atoms with Gasteiger partial charge in [-0.2, -0.15) is 0 Å². The number of rotatable bonds is 7. The second kappa shape index (κ2) is 8.50. The lowest BCUT2D eigenvalue weighted by Crippen LogP contribution is -2.19. The highest BCUT2D eigenvalue weighted by Crippen LogP contribution is 2.50. The second-order valence-electron chi connectivity index (χ2n) is 8.28. The second-order valence-corrected chi connectivity index (χ2v) is 8.28. The monoisotopic (exact) mass is 348 g/mol. The molecule has 0 unspecified atom stereocenters. The Morgan fingerprint density at radius 2 is 2.00 bits per heavy atom. The summed E-state index contributed by atoms with van der Waals surface area (Å²) in [5, 5.41) is 29.5. The first-order valence-corrected chi connectivity index (χ1v) is 9.98. The van der Waals surface area contributed by atoms with Crippen LogP contribution < -0.4 is 0 Å². The van der Waals surface area contributed by atoms with Crippen LogP contribution in [0.1, 0.15) is 64.2 Å². The number of carboxylic acid groups (broad SMARTS) is 1. The number of carbonyl (C=O) groups is 1. The van der Waals surface area contributed by atoms with Crippen molar-refractivity contribution in [2.24, 2.45) is 23.7 Å². The predicted octanol–water partition coefficient (Wildman–Crippen LogP) is 3.68. The molecule has 25 heavy (non-hydrogen) atoms. The van der Waals surface area contributed by atoms with Gasteiger partial charge in [-0.1, -0.05) is 36.6 Å². The van der Waals surface area contributed by atoms with Crippen molar-refractivity contribution in [3.8, 4) is 0 Å². The molecule has 4 nitrogen and oxygen atoms in total. The number of unbranched alkanes of at least 4 members (excludes halogenated alkanes) is 1. The third-order valence-electron chi connectivity index (χ3n) is 6.55. The molecule has 0 amide bonds. The molecule has 0 saturated heterocycles. The summed E-state index contributed by atoms with van der Waals surface area (Å²) in [7, 11) is 0. The van der Waals surface area contributed by atoms with E-state index in [1.807, 2.05) is 6.08 Å². The molecule has 3 rings (SSSR count). The zero-order chi connectivity index (χ0) is 17.8. The van der Waals surface area contributed by atoms with Crippen LogP contribution in [0.4, 0.5) is 0 Å². The van der Waals surface area contributed by atoms with Crippen molar-refractivity contribution in [1.29, 1.82) is 0 Å². The molecular weight excluding hydrogens is 316 g/mol. The van der Waals surface area contributed by atoms with Gasteiger partial charge in [0.05, 0.1) is 12.2 Å². The molecule has 3 aliphatic carbocycles. The van der Waals surface area contributed by atoms with Crippen LogP contribution in [0, 0.1) is 23.7 Å². The van der Waals surface area contributed by atoms with E-state index in [1.54, 1.807) is 0 Å². The van der Waals surface area contributed by atoms with Crippen molar-refractivity contribution in [3.63, 3.8) is 0 Å². The zero-order valence-corrected chi connectivity index (χ0v) is 15.0. The summed E-state index contributed by atoms with van der Waals surface area (Å²) in [6, 6.07) is 0. The van der Waals surface area contributed by atoms with Gasteiger partial charge in [-0.15, -0.1) is 0 Å². The molecule has 3 N–H and O–H groups in total. The molecule has 0 aromatic heterocycles. The van der Waals surface area contributed by atoms with Gasteiger partial charge in [0.15, 0.2) is 0 Å². The molecule has 0 radical (unpaired) electrons. The Labute approximate surface area is 150 Å². The highest BCUT2D eigenvalue weighted by molar-refractivity contribution is 5.66. The molecule has 3 saturated carbocycles. The van der Waals surface area contributed by atoms with E-state index in [1.165, 1.54) is 18.4 Å². The van der Waals surface area contributed by atoms with Gasteiger partial charge in [-0.3, -0.25) is 4.79 Å². The van der Waals surface area contributed by atoms with Gasteiger partial charge >= 0.3 is 5.97 Å². The Balaban J connectivity index is 1.53. The highest BCUT2D eigenvalue weighted by atomic mass is 16.4. The van der Waals surface area contributed by atoms with Crippen molar-refractivity contribution >= 4 is 5.97 Å². The molecule has 0 bridgehead atoms. The van der Waals surface area contributed by atoms with E-state index in [2.05, 4.69) is 12.2 Å². The van der Waals surface area contributed by atoms with Crippen molar-refractivity contribution in [1.82, 2.24) is 0 Å². The Kier molecular flexibility index (Phi) is 6.34. The number of carboxylic acids is 1. The normalized spacial score (nSPS) is 35.7. The first kappa shape index (κ1) is 18.7. The van der Waals surface area contributed by atoms with Crippen LogP contribution in [0.25, 0.3) is 0 Å². The first-order chi connectivity index (χ1) is 12.0. The summed E-state index contributed by atoms with van der Waals surface area (Å²) >= 11 is 0. The third kappa shape index (κ3) is 4.73. The largest absolute Gasteiger partial charge is 0.481 e. The highest BCUT2D eigenvalue weighted by Gasteiger charge is 2.45. The Morgan fingerprint density at radius 3 is 2.72 bits per heavy atom. The number of allylic oxidation sites excluding steroid dienone is 2. The van der Waals surface area contributed by atoms with Crippen LogP contribution in [-0.2, 0) is 4.79 Å². The summed E-state index contributed by atoms with van der Waals surface area (Å²) in [5.74, 6) is 0.854. The maximum absolute atomic E-state index is 10.6. The topological polar surface area (TPSA) is 77.8 Å². The Morgan fingerprint density at radius 1 is 1.24 bits per heavy atom. The summed E-state index contributed by atoms with van der Waals surface area (Å²) in [5.41, 5.74) is 1.43. The lowest BCUT2D eigenvalue weighted by atomic mass is 9.89. The molecule has 0 aromatic carbocycles. The average molecular weight is 348 g/mol. The lowest BCUT2D eigenvalue weighted by Gasteiger charge is -2.19. The van der Waals surface area contributed by atoms with E-state index in [0.717, 1.165) is 38.5 Å². The fourth-order valence-electron chi connectivity index (χ4n) is 5.20. The van der Waals surface area contributed by atoms with E-state index < -0.39 is 5.97 Å². The smallest absolute Gasteiger partial charge is 0.303 e. The van der Waals surface area contributed by atoms with Crippen LogP contribution in [-0.4, -0.2) is 33.5 Å². The van der Waals surface area contributed by atoms with E-state index in [9.17, 15) is 15.0 Å². The summed E-state index contributed by atoms with van der Waals surface area (Å²) < 4.78 is 0. The molecular formula is C21H32O4. The molecule has 4 heteroatoms. The molecule has 3 fully saturated rings. The lowest BCUT2D eigenvalue weighted by molar-refractivity contribution is -0.137. The van der Waals surface area contributed by atoms with E-state index in [4.69, 9.17) is 5.11 Å². The van der Waals surface area contributed by atoms with Crippen LogP contribution in [0.2, 0.25) is 0 Å². The van der Waals surface area contributed by atoms with Gasteiger partial charge in [0, 0.05) is 12.3 Å². The van der Waals surface area contributed by atoms with Gasteiger partial charge in [0.1, 0.15) is 0 Å². The molecule has 3 aliphatic rings. The van der Waals surface area contributed by atoms with Crippen molar-refractivity contribution < 1.29 is 20.1 Å². The molecule has 140 valence electrons. The number of fused-ring (bicyclic) bond motifs is 1.